The normalized spacial score (nSPS) is 18.2. The van der Waals surface area contributed by atoms with E-state index in [1.165, 1.54) is 13.4 Å². The molecular formula is C12H17NO4. The number of esters is 1. The smallest absolute Gasteiger partial charge is 0.341 e. The zero-order chi connectivity index (χ0) is 12.3. The molecule has 94 valence electrons. The molecule has 0 saturated carbocycles. The number of rotatable bonds is 3. The summed E-state index contributed by atoms with van der Waals surface area (Å²) in [4.78, 5) is 13.6. The quantitative estimate of drug-likeness (QED) is 0.798. The topological polar surface area (TPSA) is 62.9 Å². The fourth-order valence-electron chi connectivity index (χ4n) is 2.04. The number of nitrogens with zero attached hydrogens (tertiary/aromatic N) is 1. The molecule has 2 rings (SSSR count). The number of hydrogen-bond donors (Lipinski definition) is 1. The van der Waals surface area contributed by atoms with Gasteiger partial charge < -0.3 is 14.3 Å². The molecule has 0 atom stereocenters. The van der Waals surface area contributed by atoms with Crippen molar-refractivity contribution in [3.63, 3.8) is 0 Å². The lowest BCUT2D eigenvalue weighted by atomic mass is 10.1. The van der Waals surface area contributed by atoms with E-state index in [2.05, 4.69) is 9.64 Å². The average Bonchev–Trinajstić information content (AvgIpc) is 2.79. The molecule has 2 heterocycles. The summed E-state index contributed by atoms with van der Waals surface area (Å²) < 4.78 is 10.00. The van der Waals surface area contributed by atoms with Crippen LogP contribution in [0.2, 0.25) is 0 Å². The molecule has 1 aromatic heterocycles. The lowest BCUT2D eigenvalue weighted by Gasteiger charge is -2.28. The molecule has 0 radical (unpaired) electrons. The predicted octanol–water partition coefficient (Wildman–Crippen LogP) is 1.02. The summed E-state index contributed by atoms with van der Waals surface area (Å²) in [6.45, 7) is 2.23. The van der Waals surface area contributed by atoms with Crippen molar-refractivity contribution in [2.75, 3.05) is 20.2 Å². The van der Waals surface area contributed by atoms with Crippen LogP contribution in [0.4, 0.5) is 0 Å². The van der Waals surface area contributed by atoms with Crippen molar-refractivity contribution in [1.29, 1.82) is 0 Å². The van der Waals surface area contributed by atoms with Crippen LogP contribution in [0.15, 0.2) is 16.7 Å². The molecule has 1 aliphatic rings. The molecule has 0 amide bonds. The van der Waals surface area contributed by atoms with Gasteiger partial charge >= 0.3 is 5.97 Å². The minimum atomic E-state index is -0.370. The summed E-state index contributed by atoms with van der Waals surface area (Å²) >= 11 is 0. The fraction of sp³-hybridized carbons (Fsp3) is 0.583. The zero-order valence-electron chi connectivity index (χ0n) is 9.89. The van der Waals surface area contributed by atoms with Gasteiger partial charge in [-0.15, -0.1) is 0 Å². The van der Waals surface area contributed by atoms with Gasteiger partial charge in [0.05, 0.1) is 26.0 Å². The first-order chi connectivity index (χ1) is 8.20. The van der Waals surface area contributed by atoms with Crippen molar-refractivity contribution < 1.29 is 19.1 Å². The van der Waals surface area contributed by atoms with E-state index in [0.717, 1.165) is 25.9 Å². The van der Waals surface area contributed by atoms with Gasteiger partial charge in [0, 0.05) is 13.1 Å². The highest BCUT2D eigenvalue weighted by atomic mass is 16.5. The summed E-state index contributed by atoms with van der Waals surface area (Å²) in [6, 6.07) is 1.62. The number of aliphatic hydroxyl groups excluding tert-OH is 1. The summed E-state index contributed by atoms with van der Waals surface area (Å²) in [7, 11) is 1.36. The van der Waals surface area contributed by atoms with Crippen LogP contribution in [0.25, 0.3) is 0 Å². The molecule has 0 bridgehead atoms. The highest BCUT2D eigenvalue weighted by Gasteiger charge is 2.21. The van der Waals surface area contributed by atoms with Crippen molar-refractivity contribution in [3.05, 3.63) is 23.7 Å². The molecular weight excluding hydrogens is 222 g/mol. The minimum Gasteiger partial charge on any atom is -0.467 e. The van der Waals surface area contributed by atoms with Crippen molar-refractivity contribution >= 4 is 5.97 Å². The molecule has 0 unspecified atom stereocenters. The minimum absolute atomic E-state index is 0.192. The predicted molar refractivity (Wildman–Crippen MR) is 60.6 cm³/mol. The molecule has 1 aliphatic heterocycles. The number of carbonyl (C=O) groups excluding carboxylic acids is 1. The van der Waals surface area contributed by atoms with Crippen molar-refractivity contribution in [2.24, 2.45) is 0 Å². The Morgan fingerprint density at radius 3 is 2.94 bits per heavy atom. The SMILES string of the molecule is COC(=O)c1ccoc1CN1CCC(O)CC1. The lowest BCUT2D eigenvalue weighted by molar-refractivity contribution is 0.0586. The van der Waals surface area contributed by atoms with Crippen molar-refractivity contribution in [3.8, 4) is 0 Å². The van der Waals surface area contributed by atoms with E-state index in [4.69, 9.17) is 4.42 Å². The van der Waals surface area contributed by atoms with Crippen LogP contribution < -0.4 is 0 Å². The van der Waals surface area contributed by atoms with Crippen molar-refractivity contribution in [2.45, 2.75) is 25.5 Å². The number of hydrogen-bond acceptors (Lipinski definition) is 5. The zero-order valence-corrected chi connectivity index (χ0v) is 9.89. The maximum atomic E-state index is 11.4. The third kappa shape index (κ3) is 2.87. The van der Waals surface area contributed by atoms with E-state index in [1.54, 1.807) is 6.07 Å². The monoisotopic (exact) mass is 239 g/mol. The van der Waals surface area contributed by atoms with E-state index in [0.29, 0.717) is 17.9 Å². The third-order valence-electron chi connectivity index (χ3n) is 3.08. The number of methoxy groups -OCH3 is 1. The van der Waals surface area contributed by atoms with Crippen LogP contribution in [-0.2, 0) is 11.3 Å². The number of aliphatic hydroxyl groups is 1. The maximum absolute atomic E-state index is 11.4. The molecule has 5 heteroatoms. The van der Waals surface area contributed by atoms with Crippen LogP contribution in [0.1, 0.15) is 29.0 Å². The van der Waals surface area contributed by atoms with Gasteiger partial charge in [0.25, 0.3) is 0 Å². The van der Waals surface area contributed by atoms with Crippen LogP contribution in [0.5, 0.6) is 0 Å². The molecule has 5 nitrogen and oxygen atoms in total. The Labute approximate surface area is 100.0 Å². The highest BCUT2D eigenvalue weighted by Crippen LogP contribution is 2.17. The van der Waals surface area contributed by atoms with Crippen LogP contribution >= 0.6 is 0 Å². The average molecular weight is 239 g/mol. The number of carbonyl (C=O) groups is 1. The van der Waals surface area contributed by atoms with Gasteiger partial charge in [-0.2, -0.15) is 0 Å². The first-order valence-corrected chi connectivity index (χ1v) is 5.76. The molecule has 1 aromatic rings. The number of likely N-dealkylation sites (tertiary alicyclic amines) is 1. The summed E-state index contributed by atoms with van der Waals surface area (Å²) in [5.74, 6) is 0.263. The molecule has 1 saturated heterocycles. The Morgan fingerprint density at radius 1 is 1.59 bits per heavy atom. The molecule has 17 heavy (non-hydrogen) atoms. The standard InChI is InChI=1S/C12H17NO4/c1-16-12(15)10-4-7-17-11(10)8-13-5-2-9(14)3-6-13/h4,7,9,14H,2-3,5-6,8H2,1H3. The third-order valence-corrected chi connectivity index (χ3v) is 3.08. The second-order valence-corrected chi connectivity index (χ2v) is 4.26. The van der Waals surface area contributed by atoms with Gasteiger partial charge in [0.1, 0.15) is 11.3 Å². The van der Waals surface area contributed by atoms with Crippen LogP contribution in [0, 0.1) is 0 Å². The Kier molecular flexibility index (Phi) is 3.81. The second kappa shape index (κ2) is 5.33. The molecule has 1 N–H and O–H groups in total. The molecule has 0 aliphatic carbocycles. The summed E-state index contributed by atoms with van der Waals surface area (Å²) in [6.07, 6.45) is 2.85. The number of furan rings is 1. The van der Waals surface area contributed by atoms with E-state index in [9.17, 15) is 9.90 Å². The Balaban J connectivity index is 1.99. The summed E-state index contributed by atoms with van der Waals surface area (Å²) in [5.41, 5.74) is 0.485. The Hall–Kier alpha value is -1.33. The summed E-state index contributed by atoms with van der Waals surface area (Å²) in [5, 5.41) is 9.41. The van der Waals surface area contributed by atoms with Crippen LogP contribution in [0.3, 0.4) is 0 Å². The Morgan fingerprint density at radius 2 is 2.29 bits per heavy atom. The van der Waals surface area contributed by atoms with Gasteiger partial charge in [-0.1, -0.05) is 0 Å². The molecule has 1 fully saturated rings. The van der Waals surface area contributed by atoms with Crippen LogP contribution in [-0.4, -0.2) is 42.3 Å². The van der Waals surface area contributed by atoms with Gasteiger partial charge in [0.2, 0.25) is 0 Å². The maximum Gasteiger partial charge on any atom is 0.341 e. The van der Waals surface area contributed by atoms with Gasteiger partial charge in [-0.05, 0) is 18.9 Å². The lowest BCUT2D eigenvalue weighted by Crippen LogP contribution is -2.35. The Bertz CT molecular complexity index is 380. The van der Waals surface area contributed by atoms with Gasteiger partial charge in [-0.3, -0.25) is 4.90 Å². The van der Waals surface area contributed by atoms with Crippen molar-refractivity contribution in [1.82, 2.24) is 4.90 Å². The van der Waals surface area contributed by atoms with E-state index < -0.39 is 0 Å². The fourth-order valence-corrected chi connectivity index (χ4v) is 2.04. The largest absolute Gasteiger partial charge is 0.467 e. The first kappa shape index (κ1) is 12.1. The van der Waals surface area contributed by atoms with Gasteiger partial charge in [0.15, 0.2) is 0 Å². The number of piperidine rings is 1. The number of ether oxygens (including phenoxy) is 1. The van der Waals surface area contributed by atoms with E-state index in [-0.39, 0.29) is 12.1 Å². The second-order valence-electron chi connectivity index (χ2n) is 4.26. The van der Waals surface area contributed by atoms with Gasteiger partial charge in [-0.25, -0.2) is 4.79 Å². The molecule has 0 spiro atoms. The van der Waals surface area contributed by atoms with E-state index in [1.807, 2.05) is 0 Å². The first-order valence-electron chi connectivity index (χ1n) is 5.76. The molecule has 0 aromatic carbocycles. The van der Waals surface area contributed by atoms with E-state index >= 15 is 0 Å². The highest BCUT2D eigenvalue weighted by molar-refractivity contribution is 5.90.